The second-order valence-corrected chi connectivity index (χ2v) is 8.50. The highest BCUT2D eigenvalue weighted by atomic mass is 16.5. The summed E-state index contributed by atoms with van der Waals surface area (Å²) in [5.41, 5.74) is 1.03. The molecule has 2 rings (SSSR count). The highest BCUT2D eigenvalue weighted by molar-refractivity contribution is 5.98. The number of ether oxygens (including phenoxy) is 2. The van der Waals surface area contributed by atoms with Crippen LogP contribution in [0.2, 0.25) is 0 Å². The second-order valence-electron chi connectivity index (χ2n) is 8.50. The number of fused-ring (bicyclic) bond motifs is 1. The van der Waals surface area contributed by atoms with Gasteiger partial charge in [-0.15, -0.1) is 0 Å². The number of rotatable bonds is 3. The zero-order valence-electron chi connectivity index (χ0n) is 19.2. The Bertz CT molecular complexity index is 740. The average Bonchev–Trinajstić information content (AvgIpc) is 2.67. The molecular formula is C22H36N4O4. The van der Waals surface area contributed by atoms with E-state index in [2.05, 4.69) is 36.4 Å². The smallest absolute Gasteiger partial charge is 0.319 e. The molecule has 0 fully saturated rings. The third kappa shape index (κ3) is 6.34. The van der Waals surface area contributed by atoms with Gasteiger partial charge in [-0.25, -0.2) is 4.79 Å². The van der Waals surface area contributed by atoms with Crippen LogP contribution < -0.4 is 15.4 Å². The maximum absolute atomic E-state index is 13.1. The molecule has 0 saturated carbocycles. The molecule has 8 nitrogen and oxygen atoms in total. The van der Waals surface area contributed by atoms with E-state index in [0.29, 0.717) is 30.2 Å². The minimum absolute atomic E-state index is 0.0215. The number of hydrogen-bond acceptors (Lipinski definition) is 5. The van der Waals surface area contributed by atoms with Crippen LogP contribution in [0.4, 0.5) is 10.5 Å². The molecule has 168 valence electrons. The predicted molar refractivity (Wildman–Crippen MR) is 118 cm³/mol. The molecule has 0 spiro atoms. The Morgan fingerprint density at radius 3 is 2.57 bits per heavy atom. The number of methoxy groups -OCH3 is 1. The quantitative estimate of drug-likeness (QED) is 0.786. The van der Waals surface area contributed by atoms with Gasteiger partial charge in [0.2, 0.25) is 0 Å². The van der Waals surface area contributed by atoms with E-state index >= 15 is 0 Å². The standard InChI is InChI=1S/C22H36N4O4/c1-14(2)23-22(28)24-17-8-9-18-19(10-17)30-13-16(4)25(5)11-15(3)20(29-7)12-26(6)21(18)27/h8-10,14-16,20H,11-13H2,1-7H3,(H2,23,24,28)/t15-,16-,20+/m0/s1. The van der Waals surface area contributed by atoms with E-state index < -0.39 is 0 Å². The number of hydrogen-bond donors (Lipinski definition) is 2. The molecule has 0 radical (unpaired) electrons. The normalized spacial score (nSPS) is 23.8. The maximum Gasteiger partial charge on any atom is 0.319 e. The lowest BCUT2D eigenvalue weighted by Gasteiger charge is -2.34. The SMILES string of the molecule is CO[C@@H]1CN(C)C(=O)c2ccc(NC(=O)NC(C)C)cc2OC[C@H](C)N(C)C[C@@H]1C. The van der Waals surface area contributed by atoms with Crippen LogP contribution in [0.3, 0.4) is 0 Å². The van der Waals surface area contributed by atoms with E-state index in [1.807, 2.05) is 13.8 Å². The van der Waals surface area contributed by atoms with Crippen molar-refractivity contribution in [3.8, 4) is 5.75 Å². The molecule has 0 aromatic heterocycles. The van der Waals surface area contributed by atoms with Gasteiger partial charge in [0.15, 0.2) is 0 Å². The summed E-state index contributed by atoms with van der Waals surface area (Å²) in [5, 5.41) is 5.58. The van der Waals surface area contributed by atoms with Gasteiger partial charge in [-0.1, -0.05) is 6.92 Å². The summed E-state index contributed by atoms with van der Waals surface area (Å²) in [7, 11) is 5.52. The number of likely N-dealkylation sites (N-methyl/N-ethyl adjacent to an activating group) is 2. The molecule has 0 bridgehead atoms. The minimum atomic E-state index is -0.299. The van der Waals surface area contributed by atoms with Crippen LogP contribution in [0.5, 0.6) is 5.75 Å². The molecule has 30 heavy (non-hydrogen) atoms. The Morgan fingerprint density at radius 2 is 1.93 bits per heavy atom. The number of urea groups is 1. The Labute approximate surface area is 179 Å². The van der Waals surface area contributed by atoms with Gasteiger partial charge in [0.25, 0.3) is 5.91 Å². The average molecular weight is 421 g/mol. The summed E-state index contributed by atoms with van der Waals surface area (Å²) < 4.78 is 11.7. The maximum atomic E-state index is 13.1. The number of carbonyl (C=O) groups excluding carboxylic acids is 2. The van der Waals surface area contributed by atoms with E-state index in [0.717, 1.165) is 6.54 Å². The van der Waals surface area contributed by atoms with Crippen molar-refractivity contribution in [2.75, 3.05) is 46.2 Å². The molecule has 1 aromatic carbocycles. The molecule has 1 aliphatic heterocycles. The van der Waals surface area contributed by atoms with Crippen LogP contribution in [-0.4, -0.2) is 80.8 Å². The second kappa shape index (κ2) is 10.6. The molecule has 1 aromatic rings. The minimum Gasteiger partial charge on any atom is -0.491 e. The fourth-order valence-corrected chi connectivity index (χ4v) is 3.46. The number of benzene rings is 1. The van der Waals surface area contributed by atoms with Crippen molar-refractivity contribution in [3.63, 3.8) is 0 Å². The third-order valence-corrected chi connectivity index (χ3v) is 5.44. The van der Waals surface area contributed by atoms with Gasteiger partial charge in [0, 0.05) is 51.1 Å². The van der Waals surface area contributed by atoms with Crippen LogP contribution in [0.25, 0.3) is 0 Å². The Hall–Kier alpha value is -2.32. The highest BCUT2D eigenvalue weighted by Gasteiger charge is 2.27. The zero-order chi connectivity index (χ0) is 22.4. The van der Waals surface area contributed by atoms with E-state index in [1.165, 1.54) is 0 Å². The summed E-state index contributed by atoms with van der Waals surface area (Å²) in [6, 6.07) is 4.98. The van der Waals surface area contributed by atoms with Crippen molar-refractivity contribution in [2.45, 2.75) is 45.9 Å². The molecule has 8 heteroatoms. The van der Waals surface area contributed by atoms with Crippen molar-refractivity contribution in [1.29, 1.82) is 0 Å². The largest absolute Gasteiger partial charge is 0.491 e. The molecule has 0 saturated heterocycles. The number of nitrogens with zero attached hydrogens (tertiary/aromatic N) is 2. The first kappa shape index (κ1) is 24.0. The van der Waals surface area contributed by atoms with Gasteiger partial charge < -0.3 is 25.0 Å². The van der Waals surface area contributed by atoms with Gasteiger partial charge >= 0.3 is 6.03 Å². The fourth-order valence-electron chi connectivity index (χ4n) is 3.46. The van der Waals surface area contributed by atoms with Gasteiger partial charge in [0.1, 0.15) is 12.4 Å². The van der Waals surface area contributed by atoms with E-state index in [1.54, 1.807) is 37.3 Å². The molecule has 3 atom stereocenters. The summed E-state index contributed by atoms with van der Waals surface area (Å²) in [6.45, 7) is 9.74. The first-order valence-electron chi connectivity index (χ1n) is 10.4. The Kier molecular flexibility index (Phi) is 8.49. The van der Waals surface area contributed by atoms with Gasteiger partial charge in [-0.2, -0.15) is 0 Å². The molecule has 1 aliphatic rings. The summed E-state index contributed by atoms with van der Waals surface area (Å²) in [5.74, 6) is 0.568. The first-order valence-corrected chi connectivity index (χ1v) is 10.4. The Balaban J connectivity index is 2.34. The number of nitrogens with one attached hydrogen (secondary N) is 2. The predicted octanol–water partition coefficient (Wildman–Crippen LogP) is 2.65. The fraction of sp³-hybridized carbons (Fsp3) is 0.636. The third-order valence-electron chi connectivity index (χ3n) is 5.44. The van der Waals surface area contributed by atoms with Gasteiger partial charge in [0.05, 0.1) is 11.7 Å². The first-order chi connectivity index (χ1) is 14.1. The number of anilines is 1. The van der Waals surface area contributed by atoms with Crippen molar-refractivity contribution in [3.05, 3.63) is 23.8 Å². The van der Waals surface area contributed by atoms with Crippen molar-refractivity contribution < 1.29 is 19.1 Å². The lowest BCUT2D eigenvalue weighted by atomic mass is 10.0. The van der Waals surface area contributed by atoms with Crippen LogP contribution in [0, 0.1) is 5.92 Å². The highest BCUT2D eigenvalue weighted by Crippen LogP contribution is 2.26. The van der Waals surface area contributed by atoms with E-state index in [-0.39, 0.29) is 36.0 Å². The van der Waals surface area contributed by atoms with Crippen LogP contribution >= 0.6 is 0 Å². The molecule has 1 heterocycles. The topological polar surface area (TPSA) is 83.1 Å². The van der Waals surface area contributed by atoms with Crippen molar-refractivity contribution in [1.82, 2.24) is 15.1 Å². The van der Waals surface area contributed by atoms with Gasteiger partial charge in [-0.3, -0.25) is 9.69 Å². The van der Waals surface area contributed by atoms with E-state index in [4.69, 9.17) is 9.47 Å². The van der Waals surface area contributed by atoms with Gasteiger partial charge in [-0.05, 0) is 45.9 Å². The monoisotopic (exact) mass is 420 g/mol. The van der Waals surface area contributed by atoms with Crippen LogP contribution in [0.15, 0.2) is 18.2 Å². The Morgan fingerprint density at radius 1 is 1.23 bits per heavy atom. The van der Waals surface area contributed by atoms with Crippen LogP contribution in [0.1, 0.15) is 38.1 Å². The molecule has 3 amide bonds. The molecular weight excluding hydrogens is 384 g/mol. The summed E-state index contributed by atoms with van der Waals surface area (Å²) in [6.07, 6.45) is -0.0712. The lowest BCUT2D eigenvalue weighted by molar-refractivity contribution is 0.0150. The molecule has 2 N–H and O–H groups in total. The molecule has 0 aliphatic carbocycles. The van der Waals surface area contributed by atoms with Crippen LogP contribution in [-0.2, 0) is 4.74 Å². The van der Waals surface area contributed by atoms with Crippen molar-refractivity contribution >= 4 is 17.6 Å². The summed E-state index contributed by atoms with van der Waals surface area (Å²) >= 11 is 0. The van der Waals surface area contributed by atoms with E-state index in [9.17, 15) is 9.59 Å². The summed E-state index contributed by atoms with van der Waals surface area (Å²) in [4.78, 5) is 29.1. The number of carbonyl (C=O) groups is 2. The van der Waals surface area contributed by atoms with Crippen molar-refractivity contribution in [2.24, 2.45) is 5.92 Å². The lowest BCUT2D eigenvalue weighted by Crippen LogP contribution is -2.45. The molecule has 0 unspecified atom stereocenters. The zero-order valence-corrected chi connectivity index (χ0v) is 19.2. The number of amides is 3.